The molecule has 0 atom stereocenters. The van der Waals surface area contributed by atoms with Crippen molar-refractivity contribution in [2.75, 3.05) is 4.90 Å². The molecular weight excluding hydrogens is 442 g/mol. The van der Waals surface area contributed by atoms with E-state index in [4.69, 9.17) is 16.6 Å². The van der Waals surface area contributed by atoms with Gasteiger partial charge in [0, 0.05) is 16.1 Å². The fourth-order valence-corrected chi connectivity index (χ4v) is 4.76. The highest BCUT2D eigenvalue weighted by molar-refractivity contribution is 9.10. The van der Waals surface area contributed by atoms with Crippen molar-refractivity contribution < 1.29 is 9.21 Å². The summed E-state index contributed by atoms with van der Waals surface area (Å²) in [6, 6.07) is 19.3. The number of nitrogens with zero attached hydrogens (tertiary/aromatic N) is 1. The van der Waals surface area contributed by atoms with Gasteiger partial charge in [0.25, 0.3) is 5.91 Å². The van der Waals surface area contributed by atoms with E-state index in [0.717, 1.165) is 21.5 Å². The van der Waals surface area contributed by atoms with E-state index in [-0.39, 0.29) is 5.91 Å². The van der Waals surface area contributed by atoms with Gasteiger partial charge in [-0.15, -0.1) is 0 Å². The van der Waals surface area contributed by atoms with E-state index < -0.39 is 0 Å². The maximum absolute atomic E-state index is 12.8. The largest absolute Gasteiger partial charge is 0.457 e. The molecule has 0 radical (unpaired) electrons. The SMILES string of the molecule is Cc1ccc(-c2ccc(/C=C3\SC(=S)N(c4ccccc4)C3=O)o2)c(Br)c1. The molecule has 1 amide bonds. The minimum atomic E-state index is -0.134. The second-order valence-corrected chi connectivity index (χ2v) is 8.57. The Morgan fingerprint density at radius 2 is 1.89 bits per heavy atom. The lowest BCUT2D eigenvalue weighted by molar-refractivity contribution is -0.113. The van der Waals surface area contributed by atoms with Crippen molar-refractivity contribution in [1.29, 1.82) is 0 Å². The summed E-state index contributed by atoms with van der Waals surface area (Å²) < 4.78 is 7.43. The lowest BCUT2D eigenvalue weighted by Gasteiger charge is -2.13. The number of carbonyl (C=O) groups is 1. The van der Waals surface area contributed by atoms with Gasteiger partial charge < -0.3 is 4.42 Å². The van der Waals surface area contributed by atoms with E-state index in [2.05, 4.69) is 15.9 Å². The highest BCUT2D eigenvalue weighted by atomic mass is 79.9. The van der Waals surface area contributed by atoms with Gasteiger partial charge in [0.15, 0.2) is 4.32 Å². The van der Waals surface area contributed by atoms with Crippen LogP contribution in [0.4, 0.5) is 5.69 Å². The normalized spacial score (nSPS) is 15.8. The monoisotopic (exact) mass is 455 g/mol. The van der Waals surface area contributed by atoms with Gasteiger partial charge in [-0.25, -0.2) is 0 Å². The molecule has 1 saturated heterocycles. The summed E-state index contributed by atoms with van der Waals surface area (Å²) in [6.45, 7) is 2.04. The van der Waals surface area contributed by atoms with Crippen molar-refractivity contribution in [3.05, 3.63) is 81.4 Å². The first-order chi connectivity index (χ1) is 13.0. The third-order valence-corrected chi connectivity index (χ3v) is 6.06. The van der Waals surface area contributed by atoms with Crippen LogP contribution in [-0.4, -0.2) is 10.2 Å². The lowest BCUT2D eigenvalue weighted by atomic mass is 10.1. The Kier molecular flexibility index (Phi) is 5.04. The van der Waals surface area contributed by atoms with Crippen LogP contribution in [0.5, 0.6) is 0 Å². The summed E-state index contributed by atoms with van der Waals surface area (Å²) in [6.07, 6.45) is 1.74. The van der Waals surface area contributed by atoms with Crippen molar-refractivity contribution in [2.45, 2.75) is 6.92 Å². The fraction of sp³-hybridized carbons (Fsp3) is 0.0476. The van der Waals surface area contributed by atoms with Crippen LogP contribution in [0, 0.1) is 6.92 Å². The number of hydrogen-bond acceptors (Lipinski definition) is 4. The van der Waals surface area contributed by atoms with Crippen LogP contribution in [0.15, 0.2) is 74.5 Å². The van der Waals surface area contributed by atoms with Gasteiger partial charge in [-0.2, -0.15) is 0 Å². The molecule has 27 heavy (non-hydrogen) atoms. The van der Waals surface area contributed by atoms with E-state index in [1.807, 2.05) is 67.6 Å². The van der Waals surface area contributed by atoms with Crippen LogP contribution in [0.2, 0.25) is 0 Å². The number of carbonyl (C=O) groups excluding carboxylic acids is 1. The first-order valence-electron chi connectivity index (χ1n) is 8.22. The molecule has 0 unspecified atom stereocenters. The number of rotatable bonds is 3. The Morgan fingerprint density at radius 3 is 2.63 bits per heavy atom. The molecule has 0 aliphatic carbocycles. The lowest BCUT2D eigenvalue weighted by Crippen LogP contribution is -2.27. The number of furan rings is 1. The van der Waals surface area contributed by atoms with E-state index >= 15 is 0 Å². The van der Waals surface area contributed by atoms with Crippen molar-refractivity contribution in [2.24, 2.45) is 0 Å². The second kappa shape index (κ2) is 7.46. The van der Waals surface area contributed by atoms with Gasteiger partial charge in [0.1, 0.15) is 11.5 Å². The van der Waals surface area contributed by atoms with Crippen LogP contribution >= 0.6 is 39.9 Å². The summed E-state index contributed by atoms with van der Waals surface area (Å²) in [7, 11) is 0. The number of hydrogen-bond donors (Lipinski definition) is 0. The Morgan fingerprint density at radius 1 is 1.11 bits per heavy atom. The number of aryl methyl sites for hydroxylation is 1. The van der Waals surface area contributed by atoms with E-state index in [0.29, 0.717) is 15.0 Å². The fourth-order valence-electron chi connectivity index (χ4n) is 2.79. The Bertz CT molecular complexity index is 1070. The van der Waals surface area contributed by atoms with E-state index in [9.17, 15) is 4.79 Å². The minimum absolute atomic E-state index is 0.134. The zero-order chi connectivity index (χ0) is 19.0. The molecule has 3 aromatic rings. The predicted octanol–water partition coefficient (Wildman–Crippen LogP) is 6.42. The third-order valence-electron chi connectivity index (χ3n) is 4.10. The highest BCUT2D eigenvalue weighted by Gasteiger charge is 2.33. The van der Waals surface area contributed by atoms with Gasteiger partial charge >= 0.3 is 0 Å². The number of para-hydroxylation sites is 1. The average molecular weight is 456 g/mol. The summed E-state index contributed by atoms with van der Waals surface area (Å²) in [5.74, 6) is 1.23. The molecule has 6 heteroatoms. The first kappa shape index (κ1) is 18.2. The van der Waals surface area contributed by atoms with Crippen molar-refractivity contribution >= 4 is 61.9 Å². The van der Waals surface area contributed by atoms with Crippen molar-refractivity contribution in [1.82, 2.24) is 0 Å². The number of anilines is 1. The number of amides is 1. The predicted molar refractivity (Wildman–Crippen MR) is 119 cm³/mol. The molecule has 1 fully saturated rings. The van der Waals surface area contributed by atoms with Crippen LogP contribution in [0.1, 0.15) is 11.3 Å². The number of thiocarbonyl (C=S) groups is 1. The third kappa shape index (κ3) is 3.65. The standard InChI is InChI=1S/C21H14BrNO2S2/c1-13-7-9-16(17(22)11-13)18-10-8-15(25-18)12-19-20(24)23(21(26)27-19)14-5-3-2-4-6-14/h2-12H,1H3/b19-12-. The van der Waals surface area contributed by atoms with Crippen LogP contribution in [0.3, 0.4) is 0 Å². The summed E-state index contributed by atoms with van der Waals surface area (Å²) in [5.41, 5.74) is 2.91. The topological polar surface area (TPSA) is 33.5 Å². The molecule has 1 aromatic heterocycles. The van der Waals surface area contributed by atoms with Gasteiger partial charge in [0.05, 0.1) is 10.6 Å². The molecule has 2 aromatic carbocycles. The second-order valence-electron chi connectivity index (χ2n) is 6.04. The average Bonchev–Trinajstić information content (AvgIpc) is 3.21. The summed E-state index contributed by atoms with van der Waals surface area (Å²) >= 11 is 10.3. The number of thioether (sulfide) groups is 1. The number of halogens is 1. The molecule has 3 nitrogen and oxygen atoms in total. The molecule has 0 N–H and O–H groups in total. The maximum atomic E-state index is 12.8. The van der Waals surface area contributed by atoms with Crippen molar-refractivity contribution in [3.63, 3.8) is 0 Å². The van der Waals surface area contributed by atoms with Gasteiger partial charge in [-0.3, -0.25) is 9.69 Å². The molecule has 2 heterocycles. The molecule has 4 rings (SSSR count). The van der Waals surface area contributed by atoms with Crippen LogP contribution < -0.4 is 4.90 Å². The Labute approximate surface area is 175 Å². The minimum Gasteiger partial charge on any atom is -0.457 e. The van der Waals surface area contributed by atoms with Crippen LogP contribution in [-0.2, 0) is 4.79 Å². The first-order valence-corrected chi connectivity index (χ1v) is 10.2. The summed E-state index contributed by atoms with van der Waals surface area (Å²) in [5, 5.41) is 0. The molecule has 0 spiro atoms. The summed E-state index contributed by atoms with van der Waals surface area (Å²) in [4.78, 5) is 14.9. The van der Waals surface area contributed by atoms with Crippen molar-refractivity contribution in [3.8, 4) is 11.3 Å². The maximum Gasteiger partial charge on any atom is 0.270 e. The van der Waals surface area contributed by atoms with Crippen LogP contribution in [0.25, 0.3) is 17.4 Å². The van der Waals surface area contributed by atoms with E-state index in [1.54, 1.807) is 11.0 Å². The molecule has 1 aliphatic rings. The molecule has 1 aliphatic heterocycles. The molecule has 0 bridgehead atoms. The van der Waals surface area contributed by atoms with Gasteiger partial charge in [-0.05, 0) is 48.9 Å². The van der Waals surface area contributed by atoms with Gasteiger partial charge in [0.2, 0.25) is 0 Å². The smallest absolute Gasteiger partial charge is 0.270 e. The quantitative estimate of drug-likeness (QED) is 0.336. The molecule has 0 saturated carbocycles. The highest BCUT2D eigenvalue weighted by Crippen LogP contribution is 2.37. The van der Waals surface area contributed by atoms with E-state index in [1.165, 1.54) is 17.3 Å². The number of benzene rings is 2. The molecular formula is C21H14BrNO2S2. The zero-order valence-electron chi connectivity index (χ0n) is 14.3. The van der Waals surface area contributed by atoms with Gasteiger partial charge in [-0.1, -0.05) is 64.2 Å². The zero-order valence-corrected chi connectivity index (χ0v) is 17.5. The Hall–Kier alpha value is -2.15. The molecule has 134 valence electrons. The Balaban J connectivity index is 1.62.